The number of carbonyl (C=O) groups excluding carboxylic acids is 2. The van der Waals surface area contributed by atoms with E-state index >= 15 is 0 Å². The molecule has 2 N–H and O–H groups in total. The molecule has 1 aliphatic rings. The van der Waals surface area contributed by atoms with Crippen LogP contribution in [0.3, 0.4) is 0 Å². The van der Waals surface area contributed by atoms with Crippen molar-refractivity contribution in [1.29, 1.82) is 0 Å². The molecule has 1 aromatic carbocycles. The highest BCUT2D eigenvalue weighted by Crippen LogP contribution is 2.24. The van der Waals surface area contributed by atoms with E-state index in [-0.39, 0.29) is 31.1 Å². The Kier molecular flexibility index (Phi) is 7.05. The summed E-state index contributed by atoms with van der Waals surface area (Å²) in [5.41, 5.74) is 2.15. The van der Waals surface area contributed by atoms with Gasteiger partial charge in [-0.15, -0.1) is 0 Å². The van der Waals surface area contributed by atoms with Gasteiger partial charge in [-0.2, -0.15) is 4.31 Å². The van der Waals surface area contributed by atoms with E-state index < -0.39 is 28.1 Å². The van der Waals surface area contributed by atoms with Crippen LogP contribution in [-0.2, 0) is 26.2 Å². The number of carbonyl (C=O) groups is 2. The Hall–Kier alpha value is -3.22. The summed E-state index contributed by atoms with van der Waals surface area (Å²) in [6, 6.07) is 7.79. The number of hydrogen-bond acceptors (Lipinski definition) is 8. The summed E-state index contributed by atoms with van der Waals surface area (Å²) in [5.74, 6) is -0.480. The summed E-state index contributed by atoms with van der Waals surface area (Å²) in [5, 5.41) is 9.11. The topological polar surface area (TPSA) is 138 Å². The Morgan fingerprint density at radius 3 is 2.58 bits per heavy atom. The molecule has 2 aromatic rings. The van der Waals surface area contributed by atoms with Crippen LogP contribution < -0.4 is 10.2 Å². The van der Waals surface area contributed by atoms with Gasteiger partial charge in [-0.05, 0) is 30.3 Å². The Bertz CT molecular complexity index is 1020. The smallest absolute Gasteiger partial charge is 0.410 e. The van der Waals surface area contributed by atoms with Gasteiger partial charge in [-0.1, -0.05) is 6.07 Å². The highest BCUT2D eigenvalue weighted by molar-refractivity contribution is 7.89. The standard InChI is InChI=1S/C19H22N4O7S/c1-29-15-4-6-16(7-5-15)31(27,28)23-10-9-22(12-17(23)18(24)21-26)19(25)30-13-14-3-2-8-20-11-14/h2-8,11,17,26H,9-10,12-13H2,1H3,(H,21,24). The summed E-state index contributed by atoms with van der Waals surface area (Å²) < 4.78 is 37.4. The van der Waals surface area contributed by atoms with Crippen molar-refractivity contribution in [3.8, 4) is 5.75 Å². The zero-order valence-electron chi connectivity index (χ0n) is 16.7. The lowest BCUT2D eigenvalue weighted by molar-refractivity contribution is -0.134. The van der Waals surface area contributed by atoms with E-state index in [4.69, 9.17) is 14.7 Å². The van der Waals surface area contributed by atoms with Crippen LogP contribution in [0.15, 0.2) is 53.7 Å². The Morgan fingerprint density at radius 1 is 1.23 bits per heavy atom. The van der Waals surface area contributed by atoms with Gasteiger partial charge in [0.2, 0.25) is 10.0 Å². The number of pyridine rings is 1. The van der Waals surface area contributed by atoms with Gasteiger partial charge in [0.15, 0.2) is 0 Å². The maximum Gasteiger partial charge on any atom is 0.410 e. The number of amides is 2. The van der Waals surface area contributed by atoms with E-state index in [1.807, 2.05) is 0 Å². The number of nitrogens with one attached hydrogen (secondary N) is 1. The third-order valence-electron chi connectivity index (χ3n) is 4.75. The summed E-state index contributed by atoms with van der Waals surface area (Å²) >= 11 is 0. The van der Waals surface area contributed by atoms with Gasteiger partial charge >= 0.3 is 6.09 Å². The lowest BCUT2D eigenvalue weighted by Gasteiger charge is -2.38. The summed E-state index contributed by atoms with van der Waals surface area (Å²) in [6.07, 6.45) is 2.43. The average Bonchev–Trinajstić information content (AvgIpc) is 2.82. The van der Waals surface area contributed by atoms with E-state index in [1.54, 1.807) is 24.5 Å². The molecule has 0 spiro atoms. The Morgan fingerprint density at radius 2 is 1.97 bits per heavy atom. The van der Waals surface area contributed by atoms with Crippen LogP contribution in [0.2, 0.25) is 0 Å². The maximum absolute atomic E-state index is 13.1. The third-order valence-corrected chi connectivity index (χ3v) is 6.68. The minimum Gasteiger partial charge on any atom is -0.497 e. The number of benzene rings is 1. The molecule has 1 fully saturated rings. The van der Waals surface area contributed by atoms with Crippen molar-refractivity contribution in [1.82, 2.24) is 19.7 Å². The van der Waals surface area contributed by atoms with Crippen molar-refractivity contribution >= 4 is 22.0 Å². The second kappa shape index (κ2) is 9.73. The van der Waals surface area contributed by atoms with Gasteiger partial charge in [0.25, 0.3) is 5.91 Å². The van der Waals surface area contributed by atoms with Crippen LogP contribution >= 0.6 is 0 Å². The Labute approximate surface area is 179 Å². The van der Waals surface area contributed by atoms with Gasteiger partial charge in [-0.25, -0.2) is 18.7 Å². The van der Waals surface area contributed by atoms with Crippen molar-refractivity contribution < 1.29 is 32.7 Å². The lowest BCUT2D eigenvalue weighted by Crippen LogP contribution is -2.61. The molecule has 166 valence electrons. The number of hydroxylamine groups is 1. The van der Waals surface area contributed by atoms with Crippen molar-refractivity contribution in [2.24, 2.45) is 0 Å². The van der Waals surface area contributed by atoms with E-state index in [0.717, 1.165) is 4.31 Å². The molecule has 2 heterocycles. The molecule has 0 saturated carbocycles. The van der Waals surface area contributed by atoms with Crippen molar-refractivity contribution in [2.45, 2.75) is 17.5 Å². The minimum absolute atomic E-state index is 0.0104. The second-order valence-electron chi connectivity index (χ2n) is 6.65. The van der Waals surface area contributed by atoms with Crippen molar-refractivity contribution in [3.63, 3.8) is 0 Å². The fraction of sp³-hybridized carbons (Fsp3) is 0.316. The Balaban J connectivity index is 1.74. The highest BCUT2D eigenvalue weighted by Gasteiger charge is 2.41. The predicted molar refractivity (Wildman–Crippen MR) is 107 cm³/mol. The molecule has 1 atom stereocenters. The first-order valence-electron chi connectivity index (χ1n) is 9.27. The summed E-state index contributed by atoms with van der Waals surface area (Å²) in [4.78, 5) is 29.8. The number of methoxy groups -OCH3 is 1. The molecule has 12 heteroatoms. The zero-order valence-corrected chi connectivity index (χ0v) is 17.5. The first kappa shape index (κ1) is 22.5. The van der Waals surface area contributed by atoms with Crippen molar-refractivity contribution in [3.05, 3.63) is 54.4 Å². The zero-order chi connectivity index (χ0) is 22.4. The molecule has 11 nitrogen and oxygen atoms in total. The van der Waals surface area contributed by atoms with Crippen LogP contribution in [0.5, 0.6) is 5.75 Å². The number of aromatic nitrogens is 1. The quantitative estimate of drug-likeness (QED) is 0.482. The predicted octanol–water partition coefficient (Wildman–Crippen LogP) is 0.607. The molecule has 0 radical (unpaired) electrons. The molecular weight excluding hydrogens is 428 g/mol. The molecule has 1 unspecified atom stereocenters. The summed E-state index contributed by atoms with van der Waals surface area (Å²) in [6.45, 7) is -0.452. The van der Waals surface area contributed by atoms with E-state index in [9.17, 15) is 18.0 Å². The molecule has 3 rings (SSSR count). The van der Waals surface area contributed by atoms with Crippen LogP contribution in [0.25, 0.3) is 0 Å². The van der Waals surface area contributed by atoms with Crippen LogP contribution in [0.1, 0.15) is 5.56 Å². The SMILES string of the molecule is COc1ccc(S(=O)(=O)N2CCN(C(=O)OCc3cccnc3)CC2C(=O)NO)cc1. The first-order valence-corrected chi connectivity index (χ1v) is 10.7. The van der Waals surface area contributed by atoms with Crippen molar-refractivity contribution in [2.75, 3.05) is 26.7 Å². The number of nitrogens with zero attached hydrogens (tertiary/aromatic N) is 3. The molecule has 0 aliphatic carbocycles. The lowest BCUT2D eigenvalue weighted by atomic mass is 10.2. The van der Waals surface area contributed by atoms with E-state index in [1.165, 1.54) is 41.8 Å². The van der Waals surface area contributed by atoms with Gasteiger partial charge in [0.05, 0.1) is 12.0 Å². The van der Waals surface area contributed by atoms with E-state index in [0.29, 0.717) is 11.3 Å². The molecule has 1 saturated heterocycles. The largest absolute Gasteiger partial charge is 0.497 e. The summed E-state index contributed by atoms with van der Waals surface area (Å²) in [7, 11) is -2.62. The third kappa shape index (κ3) is 5.10. The van der Waals surface area contributed by atoms with Crippen LogP contribution in [0.4, 0.5) is 4.79 Å². The molecule has 2 amide bonds. The highest BCUT2D eigenvalue weighted by atomic mass is 32.2. The second-order valence-corrected chi connectivity index (χ2v) is 8.54. The average molecular weight is 450 g/mol. The van der Waals surface area contributed by atoms with Gasteiger partial charge in [0.1, 0.15) is 18.4 Å². The molecular formula is C19H22N4O7S. The van der Waals surface area contributed by atoms with Crippen LogP contribution in [-0.4, -0.2) is 72.6 Å². The van der Waals surface area contributed by atoms with Crippen LogP contribution in [0, 0.1) is 0 Å². The molecule has 31 heavy (non-hydrogen) atoms. The number of hydrogen-bond donors (Lipinski definition) is 2. The molecule has 1 aromatic heterocycles. The molecule has 0 bridgehead atoms. The van der Waals surface area contributed by atoms with Gasteiger partial charge < -0.3 is 14.4 Å². The monoisotopic (exact) mass is 450 g/mol. The number of piperazine rings is 1. The number of sulfonamides is 1. The van der Waals surface area contributed by atoms with Gasteiger partial charge in [-0.3, -0.25) is 15.0 Å². The fourth-order valence-electron chi connectivity index (χ4n) is 3.11. The number of ether oxygens (including phenoxy) is 2. The maximum atomic E-state index is 13.1. The normalized spacial score (nSPS) is 17.1. The first-order chi connectivity index (χ1) is 14.9. The van der Waals surface area contributed by atoms with Gasteiger partial charge in [0, 0.05) is 37.6 Å². The number of rotatable bonds is 6. The van der Waals surface area contributed by atoms with E-state index in [2.05, 4.69) is 4.98 Å². The minimum atomic E-state index is -4.08. The fourth-order valence-corrected chi connectivity index (χ4v) is 4.68. The molecule has 1 aliphatic heterocycles.